The van der Waals surface area contributed by atoms with E-state index < -0.39 is 0 Å². The Morgan fingerprint density at radius 3 is 2.29 bits per heavy atom. The third-order valence-corrected chi connectivity index (χ3v) is 4.71. The molecule has 0 fully saturated rings. The zero-order valence-electron chi connectivity index (χ0n) is 15.5. The fourth-order valence-electron chi connectivity index (χ4n) is 3.25. The summed E-state index contributed by atoms with van der Waals surface area (Å²) < 4.78 is 0. The Bertz CT molecular complexity index is 1020. The van der Waals surface area contributed by atoms with Crippen LogP contribution < -0.4 is 5.32 Å². The van der Waals surface area contributed by atoms with E-state index in [0.29, 0.717) is 5.69 Å². The van der Waals surface area contributed by atoms with Gasteiger partial charge in [0, 0.05) is 23.5 Å². The summed E-state index contributed by atoms with van der Waals surface area (Å²) in [6, 6.07) is 23.2. The minimum atomic E-state index is -0.301. The van der Waals surface area contributed by atoms with Gasteiger partial charge in [0.25, 0.3) is 5.91 Å². The number of aromatic amines is 1. The Hall–Kier alpha value is -3.73. The van der Waals surface area contributed by atoms with Gasteiger partial charge in [-0.1, -0.05) is 66.7 Å². The number of benzene rings is 2. The van der Waals surface area contributed by atoms with Crippen LogP contribution in [0, 0.1) is 6.92 Å². The molecule has 0 aliphatic carbocycles. The van der Waals surface area contributed by atoms with Crippen LogP contribution in [0.2, 0.25) is 0 Å². The predicted molar refractivity (Wildman–Crippen MR) is 109 cm³/mol. The number of aromatic nitrogens is 3. The molecule has 0 aliphatic heterocycles. The first-order valence-electron chi connectivity index (χ1n) is 9.10. The molecule has 0 aliphatic rings. The third kappa shape index (κ3) is 3.55. The maximum atomic E-state index is 13.1. The van der Waals surface area contributed by atoms with Gasteiger partial charge in [-0.15, -0.1) is 0 Å². The maximum Gasteiger partial charge on any atom is 0.270 e. The molecule has 0 spiro atoms. The lowest BCUT2D eigenvalue weighted by molar-refractivity contribution is 0.0937. The molecule has 5 nitrogen and oxygen atoms in total. The Balaban J connectivity index is 1.65. The monoisotopic (exact) mass is 368 g/mol. The molecule has 2 heterocycles. The molecule has 138 valence electrons. The highest BCUT2D eigenvalue weighted by Crippen LogP contribution is 2.25. The predicted octanol–water partition coefficient (Wildman–Crippen LogP) is 4.30. The number of pyridine rings is 1. The van der Waals surface area contributed by atoms with Crippen molar-refractivity contribution >= 4 is 5.91 Å². The minimum Gasteiger partial charge on any atom is -0.340 e. The molecule has 0 saturated carbocycles. The van der Waals surface area contributed by atoms with E-state index in [9.17, 15) is 4.79 Å². The highest BCUT2D eigenvalue weighted by molar-refractivity contribution is 5.95. The molecule has 1 amide bonds. The molecule has 1 atom stereocenters. The SMILES string of the molecule is Cc1c(-c2ccccc2)n[nH]c1C(=O)NC(c1ccccc1)c1cccnc1. The van der Waals surface area contributed by atoms with Crippen molar-refractivity contribution in [1.82, 2.24) is 20.5 Å². The van der Waals surface area contributed by atoms with E-state index in [1.54, 1.807) is 12.4 Å². The second kappa shape index (κ2) is 7.88. The Kier molecular flexibility index (Phi) is 4.97. The summed E-state index contributed by atoms with van der Waals surface area (Å²) in [5, 5.41) is 10.4. The average molecular weight is 368 g/mol. The summed E-state index contributed by atoms with van der Waals surface area (Å²) in [6.07, 6.45) is 3.49. The molecular formula is C23H20N4O. The summed E-state index contributed by atoms with van der Waals surface area (Å²) >= 11 is 0. The highest BCUT2D eigenvalue weighted by atomic mass is 16.2. The van der Waals surface area contributed by atoms with E-state index in [2.05, 4.69) is 20.5 Å². The number of nitrogens with zero attached hydrogens (tertiary/aromatic N) is 2. The lowest BCUT2D eigenvalue weighted by atomic mass is 9.99. The molecule has 0 saturated heterocycles. The summed E-state index contributed by atoms with van der Waals surface area (Å²) in [5.74, 6) is -0.204. The molecule has 2 N–H and O–H groups in total. The molecule has 2 aromatic heterocycles. The normalized spacial score (nSPS) is 11.8. The first-order valence-corrected chi connectivity index (χ1v) is 9.10. The van der Waals surface area contributed by atoms with Gasteiger partial charge in [0.05, 0.1) is 11.7 Å². The quantitative estimate of drug-likeness (QED) is 0.552. The van der Waals surface area contributed by atoms with Crippen molar-refractivity contribution in [2.24, 2.45) is 0 Å². The van der Waals surface area contributed by atoms with Crippen molar-refractivity contribution in [2.75, 3.05) is 0 Å². The van der Waals surface area contributed by atoms with Gasteiger partial charge in [-0.3, -0.25) is 14.9 Å². The Morgan fingerprint density at radius 1 is 0.929 bits per heavy atom. The van der Waals surface area contributed by atoms with Gasteiger partial charge in [-0.2, -0.15) is 5.10 Å². The van der Waals surface area contributed by atoms with Crippen molar-refractivity contribution in [3.63, 3.8) is 0 Å². The molecule has 28 heavy (non-hydrogen) atoms. The fourth-order valence-corrected chi connectivity index (χ4v) is 3.25. The van der Waals surface area contributed by atoms with Crippen molar-refractivity contribution in [2.45, 2.75) is 13.0 Å². The van der Waals surface area contributed by atoms with Crippen molar-refractivity contribution in [3.8, 4) is 11.3 Å². The van der Waals surface area contributed by atoms with Gasteiger partial charge < -0.3 is 5.32 Å². The maximum absolute atomic E-state index is 13.1. The van der Waals surface area contributed by atoms with Gasteiger partial charge in [0.1, 0.15) is 5.69 Å². The number of H-pyrrole nitrogens is 1. The average Bonchev–Trinajstić information content (AvgIpc) is 3.15. The largest absolute Gasteiger partial charge is 0.340 e. The van der Waals surface area contributed by atoms with Crippen LogP contribution >= 0.6 is 0 Å². The Labute approximate surface area is 163 Å². The van der Waals surface area contributed by atoms with Gasteiger partial charge in [-0.05, 0) is 24.1 Å². The molecule has 4 aromatic rings. The van der Waals surface area contributed by atoms with Crippen LogP contribution in [0.15, 0.2) is 85.2 Å². The highest BCUT2D eigenvalue weighted by Gasteiger charge is 2.22. The van der Waals surface area contributed by atoms with Gasteiger partial charge >= 0.3 is 0 Å². The third-order valence-electron chi connectivity index (χ3n) is 4.71. The molecule has 0 bridgehead atoms. The van der Waals surface area contributed by atoms with Crippen molar-refractivity contribution in [1.29, 1.82) is 0 Å². The first kappa shape index (κ1) is 17.7. The molecule has 5 heteroatoms. The van der Waals surface area contributed by atoms with E-state index in [1.165, 1.54) is 0 Å². The van der Waals surface area contributed by atoms with E-state index in [4.69, 9.17) is 0 Å². The second-order valence-corrected chi connectivity index (χ2v) is 6.54. The second-order valence-electron chi connectivity index (χ2n) is 6.54. The fraction of sp³-hybridized carbons (Fsp3) is 0.0870. The number of rotatable bonds is 5. The summed E-state index contributed by atoms with van der Waals surface area (Å²) in [7, 11) is 0. The van der Waals surface area contributed by atoms with Crippen molar-refractivity contribution in [3.05, 3.63) is 108 Å². The minimum absolute atomic E-state index is 0.204. The van der Waals surface area contributed by atoms with E-state index in [1.807, 2.05) is 79.7 Å². The first-order chi connectivity index (χ1) is 13.7. The number of hydrogen-bond donors (Lipinski definition) is 2. The van der Waals surface area contributed by atoms with Crippen LogP contribution in [0.3, 0.4) is 0 Å². The van der Waals surface area contributed by atoms with Crippen LogP contribution in [-0.4, -0.2) is 21.1 Å². The van der Waals surface area contributed by atoms with E-state index in [0.717, 1.165) is 27.9 Å². The van der Waals surface area contributed by atoms with Crippen LogP contribution in [0.4, 0.5) is 0 Å². The lowest BCUT2D eigenvalue weighted by Gasteiger charge is -2.19. The summed E-state index contributed by atoms with van der Waals surface area (Å²) in [4.78, 5) is 17.3. The Morgan fingerprint density at radius 2 is 1.61 bits per heavy atom. The molecular weight excluding hydrogens is 348 g/mol. The molecule has 4 rings (SSSR count). The van der Waals surface area contributed by atoms with Gasteiger partial charge in [0.15, 0.2) is 0 Å². The van der Waals surface area contributed by atoms with Gasteiger partial charge in [-0.25, -0.2) is 0 Å². The molecule has 2 aromatic carbocycles. The van der Waals surface area contributed by atoms with Gasteiger partial charge in [0.2, 0.25) is 0 Å². The number of hydrogen-bond acceptors (Lipinski definition) is 3. The van der Waals surface area contributed by atoms with Crippen LogP contribution in [0.1, 0.15) is 33.2 Å². The summed E-state index contributed by atoms with van der Waals surface area (Å²) in [5.41, 5.74) is 4.95. The van der Waals surface area contributed by atoms with Crippen molar-refractivity contribution < 1.29 is 4.79 Å². The molecule has 1 unspecified atom stereocenters. The zero-order chi connectivity index (χ0) is 19.3. The lowest BCUT2D eigenvalue weighted by Crippen LogP contribution is -2.30. The number of nitrogens with one attached hydrogen (secondary N) is 2. The number of amides is 1. The van der Waals surface area contributed by atoms with Crippen LogP contribution in [-0.2, 0) is 0 Å². The smallest absolute Gasteiger partial charge is 0.270 e. The number of carbonyl (C=O) groups excluding carboxylic acids is 1. The number of carbonyl (C=O) groups is 1. The van der Waals surface area contributed by atoms with E-state index in [-0.39, 0.29) is 11.9 Å². The standard InChI is InChI=1S/C23H20N4O/c1-16-20(17-9-4-2-5-10-17)26-27-21(16)23(28)25-22(18-11-6-3-7-12-18)19-13-8-14-24-15-19/h2-15,22H,1H3,(H,25,28)(H,26,27). The summed E-state index contributed by atoms with van der Waals surface area (Å²) in [6.45, 7) is 1.91. The van der Waals surface area contributed by atoms with Crippen LogP contribution in [0.25, 0.3) is 11.3 Å². The van der Waals surface area contributed by atoms with E-state index >= 15 is 0 Å². The topological polar surface area (TPSA) is 70.7 Å². The zero-order valence-corrected chi connectivity index (χ0v) is 15.5. The molecule has 0 radical (unpaired) electrons. The van der Waals surface area contributed by atoms with Crippen LogP contribution in [0.5, 0.6) is 0 Å².